The van der Waals surface area contributed by atoms with Crippen molar-refractivity contribution >= 4 is 17.3 Å². The molecule has 1 fully saturated rings. The molecule has 2 aromatic rings. The Hall–Kier alpha value is -3.33. The van der Waals surface area contributed by atoms with Crippen molar-refractivity contribution in [2.45, 2.75) is 18.3 Å². The first-order valence-electron chi connectivity index (χ1n) is 9.69. The maximum Gasteiger partial charge on any atom is 0.269 e. The largest absolute Gasteiger partial charge is 0.355 e. The van der Waals surface area contributed by atoms with Crippen molar-refractivity contribution in [3.63, 3.8) is 0 Å². The number of non-ortho nitro benzene ring substituents is 2. The summed E-state index contributed by atoms with van der Waals surface area (Å²) in [6.45, 7) is 1.16. The van der Waals surface area contributed by atoms with E-state index >= 15 is 0 Å². The summed E-state index contributed by atoms with van der Waals surface area (Å²) < 4.78 is 0. The topological polar surface area (TPSA) is 119 Å². The molecule has 0 heterocycles. The molecule has 0 saturated heterocycles. The molecular weight excluding hydrogens is 388 g/mol. The fourth-order valence-corrected chi connectivity index (χ4v) is 3.96. The predicted octanol–water partition coefficient (Wildman–Crippen LogP) is 3.07. The van der Waals surface area contributed by atoms with Crippen LogP contribution >= 0.6 is 0 Å². The van der Waals surface area contributed by atoms with E-state index in [1.165, 1.54) is 24.3 Å². The normalized spacial score (nSPS) is 20.4. The van der Waals surface area contributed by atoms with Gasteiger partial charge in [-0.25, -0.2) is 0 Å². The van der Waals surface area contributed by atoms with Crippen LogP contribution in [0.1, 0.15) is 29.4 Å². The summed E-state index contributed by atoms with van der Waals surface area (Å²) >= 11 is 0. The number of rotatable bonds is 8. The minimum absolute atomic E-state index is 0.0157. The Balaban J connectivity index is 1.88. The Kier molecular flexibility index (Phi) is 6.41. The zero-order valence-corrected chi connectivity index (χ0v) is 16.9. The van der Waals surface area contributed by atoms with Crippen LogP contribution in [-0.4, -0.2) is 47.8 Å². The van der Waals surface area contributed by atoms with Gasteiger partial charge in [0.25, 0.3) is 11.4 Å². The highest BCUT2D eigenvalue weighted by Crippen LogP contribution is 2.53. The number of nitrogens with one attached hydrogen (secondary N) is 1. The Bertz CT molecular complexity index is 898. The molecule has 0 spiro atoms. The van der Waals surface area contributed by atoms with E-state index in [-0.39, 0.29) is 29.1 Å². The predicted molar refractivity (Wildman–Crippen MR) is 111 cm³/mol. The van der Waals surface area contributed by atoms with Crippen molar-refractivity contribution in [2.24, 2.45) is 5.92 Å². The average Bonchev–Trinajstić information content (AvgIpc) is 2.67. The molecule has 0 bridgehead atoms. The summed E-state index contributed by atoms with van der Waals surface area (Å²) in [5.41, 5.74) is 1.44. The van der Waals surface area contributed by atoms with Crippen LogP contribution in [0.15, 0.2) is 48.5 Å². The Morgan fingerprint density at radius 3 is 1.93 bits per heavy atom. The quantitative estimate of drug-likeness (QED) is 0.526. The maximum absolute atomic E-state index is 13.0. The molecule has 1 aliphatic rings. The minimum atomic E-state index is -0.452. The van der Waals surface area contributed by atoms with Crippen LogP contribution in [0.3, 0.4) is 0 Å². The average molecular weight is 412 g/mol. The van der Waals surface area contributed by atoms with Gasteiger partial charge in [-0.2, -0.15) is 0 Å². The van der Waals surface area contributed by atoms with Gasteiger partial charge in [0.05, 0.1) is 15.8 Å². The highest BCUT2D eigenvalue weighted by atomic mass is 16.6. The number of likely N-dealkylation sites (N-methyl/N-ethyl adjacent to an activating group) is 1. The van der Waals surface area contributed by atoms with Gasteiger partial charge >= 0.3 is 0 Å². The van der Waals surface area contributed by atoms with Gasteiger partial charge in [-0.3, -0.25) is 25.0 Å². The van der Waals surface area contributed by atoms with Crippen molar-refractivity contribution in [3.05, 3.63) is 79.9 Å². The highest BCUT2D eigenvalue weighted by molar-refractivity contribution is 5.82. The first kappa shape index (κ1) is 21.4. The van der Waals surface area contributed by atoms with Crippen molar-refractivity contribution < 1.29 is 14.6 Å². The summed E-state index contributed by atoms with van der Waals surface area (Å²) in [5.74, 6) is -0.964. The minimum Gasteiger partial charge on any atom is -0.355 e. The van der Waals surface area contributed by atoms with Crippen LogP contribution in [0.4, 0.5) is 11.4 Å². The fraction of sp³-hybridized carbons (Fsp3) is 0.381. The monoisotopic (exact) mass is 412 g/mol. The number of carbonyl (C=O) groups is 1. The molecular formula is C21H24N4O5. The summed E-state index contributed by atoms with van der Waals surface area (Å²) in [4.78, 5) is 36.4. The lowest BCUT2D eigenvalue weighted by atomic mass is 9.59. The van der Waals surface area contributed by atoms with Gasteiger partial charge < -0.3 is 10.2 Å². The molecule has 1 N–H and O–H groups in total. The Labute approximate surface area is 174 Å². The van der Waals surface area contributed by atoms with Crippen LogP contribution < -0.4 is 5.32 Å². The van der Waals surface area contributed by atoms with E-state index in [0.717, 1.165) is 11.1 Å². The van der Waals surface area contributed by atoms with Crippen molar-refractivity contribution in [1.29, 1.82) is 0 Å². The summed E-state index contributed by atoms with van der Waals surface area (Å²) in [6, 6.07) is 12.7. The zero-order valence-electron chi connectivity index (χ0n) is 16.9. The molecule has 3 atom stereocenters. The summed E-state index contributed by atoms with van der Waals surface area (Å²) in [5, 5.41) is 25.2. The number of nitro groups is 2. The van der Waals surface area contributed by atoms with Crippen LogP contribution in [0.25, 0.3) is 0 Å². The number of nitrogens with zero attached hydrogens (tertiary/aromatic N) is 3. The molecule has 1 saturated carbocycles. The molecule has 1 unspecified atom stereocenters. The molecule has 3 rings (SSSR count). The number of hydrogen-bond donors (Lipinski definition) is 1. The second-order valence-electron chi connectivity index (χ2n) is 7.77. The van der Waals surface area contributed by atoms with E-state index in [1.807, 2.05) is 19.0 Å². The molecule has 2 aromatic carbocycles. The van der Waals surface area contributed by atoms with Crippen LogP contribution in [0, 0.1) is 26.1 Å². The van der Waals surface area contributed by atoms with Gasteiger partial charge in [-0.1, -0.05) is 24.3 Å². The van der Waals surface area contributed by atoms with Crippen LogP contribution in [0.5, 0.6) is 0 Å². The first-order valence-corrected chi connectivity index (χ1v) is 9.69. The molecule has 158 valence electrons. The van der Waals surface area contributed by atoms with Gasteiger partial charge in [0.1, 0.15) is 0 Å². The van der Waals surface area contributed by atoms with Gasteiger partial charge in [-0.05, 0) is 43.5 Å². The Morgan fingerprint density at radius 2 is 1.50 bits per heavy atom. The van der Waals surface area contributed by atoms with Gasteiger partial charge in [-0.15, -0.1) is 0 Å². The zero-order chi connectivity index (χ0) is 21.8. The highest BCUT2D eigenvalue weighted by Gasteiger charge is 2.47. The van der Waals surface area contributed by atoms with E-state index in [0.29, 0.717) is 19.5 Å². The van der Waals surface area contributed by atoms with Crippen molar-refractivity contribution in [1.82, 2.24) is 10.2 Å². The second-order valence-corrected chi connectivity index (χ2v) is 7.77. The second kappa shape index (κ2) is 9.00. The summed E-state index contributed by atoms with van der Waals surface area (Å²) in [7, 11) is 3.82. The number of benzene rings is 2. The van der Waals surface area contributed by atoms with E-state index in [9.17, 15) is 25.0 Å². The van der Waals surface area contributed by atoms with E-state index < -0.39 is 15.8 Å². The van der Waals surface area contributed by atoms with E-state index in [4.69, 9.17) is 0 Å². The standard InChI is InChI=1S/C21H24N4O5/c1-23(2)10-9-22-21(26)20-18(14-5-3-7-16(11-14)24(27)28)13-19(20)15-6-4-8-17(12-15)25(29)30/h3-8,11-12,18-20H,9-10,13H2,1-2H3,(H,22,26)/t18-,19+,20?. The SMILES string of the molecule is CN(C)CCNC(=O)C1[C@@H](c2cccc([N+](=O)[O-])c2)C[C@H]1c1cccc([N+](=O)[O-])c1. The van der Waals surface area contributed by atoms with Crippen LogP contribution in [0.2, 0.25) is 0 Å². The van der Waals surface area contributed by atoms with E-state index in [1.54, 1.807) is 24.3 Å². The number of amides is 1. The number of carbonyl (C=O) groups excluding carboxylic acids is 1. The molecule has 1 amide bonds. The lowest BCUT2D eigenvalue weighted by molar-refractivity contribution is -0.385. The molecule has 0 radical (unpaired) electrons. The molecule has 9 heteroatoms. The third-order valence-electron chi connectivity index (χ3n) is 5.55. The molecule has 0 aliphatic heterocycles. The third-order valence-corrected chi connectivity index (χ3v) is 5.55. The van der Waals surface area contributed by atoms with E-state index in [2.05, 4.69) is 5.32 Å². The molecule has 30 heavy (non-hydrogen) atoms. The van der Waals surface area contributed by atoms with Gasteiger partial charge in [0.2, 0.25) is 5.91 Å². The fourth-order valence-electron chi connectivity index (χ4n) is 3.96. The molecule has 9 nitrogen and oxygen atoms in total. The first-order chi connectivity index (χ1) is 14.3. The van der Waals surface area contributed by atoms with Crippen molar-refractivity contribution in [2.75, 3.05) is 27.2 Å². The smallest absolute Gasteiger partial charge is 0.269 e. The van der Waals surface area contributed by atoms with Gasteiger partial charge in [0, 0.05) is 37.4 Å². The van der Waals surface area contributed by atoms with Crippen molar-refractivity contribution in [3.8, 4) is 0 Å². The maximum atomic E-state index is 13.0. The Morgan fingerprint density at radius 1 is 1.00 bits per heavy atom. The molecule has 1 aliphatic carbocycles. The lowest BCUT2D eigenvalue weighted by Crippen LogP contribution is -2.46. The van der Waals surface area contributed by atoms with Crippen LogP contribution in [-0.2, 0) is 4.79 Å². The summed E-state index contributed by atoms with van der Waals surface area (Å²) in [6.07, 6.45) is 0.591. The third kappa shape index (κ3) is 4.62. The number of nitro benzene ring substituents is 2. The number of hydrogen-bond acceptors (Lipinski definition) is 6. The van der Waals surface area contributed by atoms with Gasteiger partial charge in [0.15, 0.2) is 0 Å². The lowest BCUT2D eigenvalue weighted by Gasteiger charge is -2.44. The molecule has 0 aromatic heterocycles.